The molecular weight excluding hydrogens is 339 g/mol. The van der Waals surface area contributed by atoms with E-state index in [9.17, 15) is 4.39 Å². The number of halogens is 1. The molecule has 27 heavy (non-hydrogen) atoms. The summed E-state index contributed by atoms with van der Waals surface area (Å²) < 4.78 is 14.4. The lowest BCUT2D eigenvalue weighted by Crippen LogP contribution is -2.35. The zero-order valence-corrected chi connectivity index (χ0v) is 16.1. The molecule has 1 unspecified atom stereocenters. The van der Waals surface area contributed by atoms with Crippen molar-refractivity contribution in [2.45, 2.75) is 32.6 Å². The molecule has 0 spiro atoms. The minimum absolute atomic E-state index is 0.289. The fourth-order valence-corrected chi connectivity index (χ4v) is 4.42. The van der Waals surface area contributed by atoms with Crippen molar-refractivity contribution >= 4 is 24.2 Å². The highest BCUT2D eigenvalue weighted by Crippen LogP contribution is 2.36. The van der Waals surface area contributed by atoms with E-state index in [0.29, 0.717) is 17.1 Å². The van der Waals surface area contributed by atoms with Crippen LogP contribution in [0.4, 0.5) is 4.39 Å². The molecule has 5 heteroatoms. The third-order valence-electron chi connectivity index (χ3n) is 5.95. The Hall–Kier alpha value is -2.27. The van der Waals surface area contributed by atoms with E-state index in [1.165, 1.54) is 17.1 Å². The van der Waals surface area contributed by atoms with Crippen molar-refractivity contribution in [2.75, 3.05) is 20.1 Å². The molecule has 0 aromatic heterocycles. The summed E-state index contributed by atoms with van der Waals surface area (Å²) in [7, 11) is 1.69. The molecule has 1 fully saturated rings. The zero-order valence-electron chi connectivity index (χ0n) is 16.1. The number of hydrogen-bond donors (Lipinski definition) is 2. The van der Waals surface area contributed by atoms with Gasteiger partial charge in [0.1, 0.15) is 5.82 Å². The third-order valence-corrected chi connectivity index (χ3v) is 5.95. The van der Waals surface area contributed by atoms with Crippen molar-refractivity contribution in [1.82, 2.24) is 10.6 Å². The van der Waals surface area contributed by atoms with Crippen LogP contribution in [0.5, 0.6) is 0 Å². The van der Waals surface area contributed by atoms with E-state index in [-0.39, 0.29) is 5.82 Å². The first-order valence-corrected chi connectivity index (χ1v) is 9.81. The van der Waals surface area contributed by atoms with Crippen molar-refractivity contribution in [1.29, 1.82) is 0 Å². The van der Waals surface area contributed by atoms with E-state index in [0.717, 1.165) is 55.3 Å². The van der Waals surface area contributed by atoms with Gasteiger partial charge in [0, 0.05) is 53.0 Å². The molecule has 142 valence electrons. The maximum absolute atomic E-state index is 14.4. The van der Waals surface area contributed by atoms with Gasteiger partial charge < -0.3 is 10.6 Å². The summed E-state index contributed by atoms with van der Waals surface area (Å²) in [5.41, 5.74) is 5.51. The van der Waals surface area contributed by atoms with Crippen LogP contribution in [0, 0.1) is 17.7 Å². The van der Waals surface area contributed by atoms with Crippen LogP contribution < -0.4 is 21.1 Å². The number of nitrogens with one attached hydrogen (secondary N) is 2. The van der Waals surface area contributed by atoms with Gasteiger partial charge in [0.2, 0.25) is 0 Å². The van der Waals surface area contributed by atoms with Gasteiger partial charge in [-0.2, -0.15) is 0 Å². The molecule has 0 amide bonds. The largest absolute Gasteiger partial charge is 0.360 e. The van der Waals surface area contributed by atoms with Gasteiger partial charge >= 0.3 is 0 Å². The summed E-state index contributed by atoms with van der Waals surface area (Å²) in [5, 5.41) is 8.30. The Labute approximate surface area is 159 Å². The van der Waals surface area contributed by atoms with Gasteiger partial charge in [-0.3, -0.25) is 9.98 Å². The standard InChI is InChI=1S/C22H27FN4/c1-13-17(12-24-3)10-16(11-18(13)23)19-4-5-20-22(26-19)14(2)21(27-20)15-6-8-25-9-7-15/h10-12,14-15,25-26H,1,4-9H2,2-3H3/b19-16+,24-12?. The lowest BCUT2D eigenvalue weighted by molar-refractivity contribution is 0.448. The zero-order chi connectivity index (χ0) is 19.0. The molecule has 4 nitrogen and oxygen atoms in total. The van der Waals surface area contributed by atoms with Crippen LogP contribution in [0.2, 0.25) is 0 Å². The lowest BCUT2D eigenvalue weighted by Gasteiger charge is -2.27. The molecule has 0 saturated carbocycles. The van der Waals surface area contributed by atoms with Gasteiger partial charge in [0.25, 0.3) is 0 Å². The normalized spacial score (nSPS) is 25.6. The molecule has 2 N–H and O–H groups in total. The van der Waals surface area contributed by atoms with Crippen LogP contribution in [-0.4, -0.2) is 32.1 Å². The first-order valence-electron chi connectivity index (χ1n) is 9.81. The first kappa shape index (κ1) is 18.1. The highest BCUT2D eigenvalue weighted by atomic mass is 19.1. The summed E-state index contributed by atoms with van der Waals surface area (Å²) in [6.07, 6.45) is 5.74. The van der Waals surface area contributed by atoms with Crippen molar-refractivity contribution in [3.63, 3.8) is 0 Å². The van der Waals surface area contributed by atoms with Gasteiger partial charge in [0.05, 0.1) is 5.70 Å². The molecule has 1 atom stereocenters. The molecule has 1 saturated heterocycles. The second-order valence-corrected chi connectivity index (χ2v) is 7.66. The predicted octanol–water partition coefficient (Wildman–Crippen LogP) is 2.08. The summed E-state index contributed by atoms with van der Waals surface area (Å²) in [6, 6.07) is 3.55. The molecule has 3 heterocycles. The highest BCUT2D eigenvalue weighted by molar-refractivity contribution is 5.94. The molecule has 0 aliphatic carbocycles. The molecule has 3 aliphatic heterocycles. The molecular formula is C22H27FN4. The van der Waals surface area contributed by atoms with Crippen LogP contribution in [-0.2, 0) is 0 Å². The highest BCUT2D eigenvalue weighted by Gasteiger charge is 2.34. The van der Waals surface area contributed by atoms with E-state index < -0.39 is 0 Å². The van der Waals surface area contributed by atoms with E-state index in [2.05, 4.69) is 29.1 Å². The molecule has 0 bridgehead atoms. The van der Waals surface area contributed by atoms with Crippen molar-refractivity contribution in [3.05, 3.63) is 45.3 Å². The molecule has 0 radical (unpaired) electrons. The van der Waals surface area contributed by atoms with E-state index in [1.807, 2.05) is 6.07 Å². The van der Waals surface area contributed by atoms with Crippen molar-refractivity contribution < 1.29 is 4.39 Å². The topological polar surface area (TPSA) is 48.8 Å². The Balaban J connectivity index is 1.65. The quantitative estimate of drug-likeness (QED) is 0.788. The maximum Gasteiger partial charge on any atom is 0.131 e. The Kier molecular flexibility index (Phi) is 4.96. The van der Waals surface area contributed by atoms with Gasteiger partial charge in [0.15, 0.2) is 0 Å². The van der Waals surface area contributed by atoms with Crippen LogP contribution in [0.25, 0.3) is 12.3 Å². The number of benzene rings is 1. The Morgan fingerprint density at radius 3 is 2.78 bits per heavy atom. The fourth-order valence-electron chi connectivity index (χ4n) is 4.42. The second kappa shape index (κ2) is 7.39. The summed E-state index contributed by atoms with van der Waals surface area (Å²) >= 11 is 0. The van der Waals surface area contributed by atoms with Gasteiger partial charge in [-0.25, -0.2) is 4.39 Å². The second-order valence-electron chi connectivity index (χ2n) is 7.66. The average Bonchev–Trinajstić information content (AvgIpc) is 3.02. The Morgan fingerprint density at radius 1 is 1.26 bits per heavy atom. The Morgan fingerprint density at radius 2 is 2.04 bits per heavy atom. The molecule has 3 aliphatic rings. The van der Waals surface area contributed by atoms with Crippen molar-refractivity contribution in [3.8, 4) is 0 Å². The van der Waals surface area contributed by atoms with Gasteiger partial charge in [-0.15, -0.1) is 0 Å². The maximum atomic E-state index is 14.4. The first-order chi connectivity index (χ1) is 13.1. The van der Waals surface area contributed by atoms with Gasteiger partial charge in [-0.1, -0.05) is 13.5 Å². The summed E-state index contributed by atoms with van der Waals surface area (Å²) in [5.74, 6) is 0.599. The average molecular weight is 366 g/mol. The van der Waals surface area contributed by atoms with Crippen LogP contribution in [0.1, 0.15) is 38.2 Å². The van der Waals surface area contributed by atoms with E-state index >= 15 is 0 Å². The van der Waals surface area contributed by atoms with Gasteiger partial charge in [-0.05, 0) is 56.1 Å². The van der Waals surface area contributed by atoms with Crippen molar-refractivity contribution in [2.24, 2.45) is 21.8 Å². The fraction of sp³-hybridized carbons (Fsp3) is 0.455. The SMILES string of the molecule is C=c1c(F)c/c(=C2\CCC3=C(N2)C(C)C(C2CCNCC2)=N3)cc1C=NC. The van der Waals surface area contributed by atoms with E-state index in [1.54, 1.807) is 19.3 Å². The van der Waals surface area contributed by atoms with Crippen LogP contribution in [0.3, 0.4) is 0 Å². The monoisotopic (exact) mass is 366 g/mol. The number of hydrogen-bond acceptors (Lipinski definition) is 4. The lowest BCUT2D eigenvalue weighted by atomic mass is 9.85. The minimum Gasteiger partial charge on any atom is -0.360 e. The molecule has 1 aromatic carbocycles. The number of aliphatic imine (C=N–C) groups is 2. The smallest absolute Gasteiger partial charge is 0.131 e. The molecule has 1 aromatic rings. The molecule has 4 rings (SSSR count). The Bertz CT molecular complexity index is 951. The number of allylic oxidation sites excluding steroid dienone is 2. The minimum atomic E-state index is -0.289. The predicted molar refractivity (Wildman–Crippen MR) is 110 cm³/mol. The summed E-state index contributed by atoms with van der Waals surface area (Å²) in [4.78, 5) is 9.04. The van der Waals surface area contributed by atoms with Crippen LogP contribution >= 0.6 is 0 Å². The number of rotatable bonds is 2. The third kappa shape index (κ3) is 3.36. The number of piperidine rings is 1. The van der Waals surface area contributed by atoms with E-state index in [4.69, 9.17) is 4.99 Å². The number of nitrogens with zero attached hydrogens (tertiary/aromatic N) is 2. The summed E-state index contributed by atoms with van der Waals surface area (Å²) in [6.45, 7) is 8.21. The van der Waals surface area contributed by atoms with Crippen LogP contribution in [0.15, 0.2) is 33.5 Å².